The number of anilines is 1. The van der Waals surface area contributed by atoms with Gasteiger partial charge in [-0.1, -0.05) is 0 Å². The lowest BCUT2D eigenvalue weighted by molar-refractivity contribution is 0.0749. The number of aliphatic hydroxyl groups is 1. The third-order valence-electron chi connectivity index (χ3n) is 3.86. The number of hydrogen-bond donors (Lipinski definition) is 3. The fraction of sp³-hybridized carbons (Fsp3) is 0.267. The molecule has 3 rings (SSSR count). The van der Waals surface area contributed by atoms with Gasteiger partial charge in [0.05, 0.1) is 11.8 Å². The first-order valence-corrected chi connectivity index (χ1v) is 6.48. The van der Waals surface area contributed by atoms with E-state index in [1.807, 2.05) is 6.20 Å². The van der Waals surface area contributed by atoms with Crippen LogP contribution < -0.4 is 5.73 Å². The van der Waals surface area contributed by atoms with Gasteiger partial charge in [0.15, 0.2) is 0 Å². The Balaban J connectivity index is 2.05. The van der Waals surface area contributed by atoms with Crippen LogP contribution in [0.1, 0.15) is 30.0 Å². The van der Waals surface area contributed by atoms with Crippen LogP contribution in [0.3, 0.4) is 0 Å². The number of nitrogen functional groups attached to an aromatic ring is 1. The van der Waals surface area contributed by atoms with Crippen molar-refractivity contribution in [3.05, 3.63) is 41.7 Å². The molecule has 5 heteroatoms. The highest BCUT2D eigenvalue weighted by Gasteiger charge is 2.32. The van der Waals surface area contributed by atoms with Crippen LogP contribution in [0.4, 0.5) is 5.69 Å². The summed E-state index contributed by atoms with van der Waals surface area (Å²) in [4.78, 5) is 0. The molecule has 102 valence electrons. The maximum Gasteiger partial charge on any atom is 0.148 e. The largest absolute Gasteiger partial charge is 0.508 e. The minimum absolute atomic E-state index is 0.176. The molecule has 1 aliphatic rings. The SMILES string of the molecule is N#Cc1c(N)c([C@H]2C[C@@H](O)C2)cn1-c1ccc(O)cc1. The van der Waals surface area contributed by atoms with Crippen LogP contribution in [-0.4, -0.2) is 20.9 Å². The van der Waals surface area contributed by atoms with Crippen molar-refractivity contribution in [1.82, 2.24) is 4.57 Å². The van der Waals surface area contributed by atoms with E-state index in [2.05, 4.69) is 6.07 Å². The molecule has 0 radical (unpaired) electrons. The van der Waals surface area contributed by atoms with Crippen LogP contribution in [0.15, 0.2) is 30.5 Å². The third kappa shape index (κ3) is 1.91. The normalized spacial score (nSPS) is 21.2. The zero-order chi connectivity index (χ0) is 14.3. The van der Waals surface area contributed by atoms with E-state index in [9.17, 15) is 15.5 Å². The van der Waals surface area contributed by atoms with E-state index < -0.39 is 0 Å². The minimum atomic E-state index is -0.262. The first kappa shape index (κ1) is 12.6. The van der Waals surface area contributed by atoms with Crippen molar-refractivity contribution in [2.24, 2.45) is 0 Å². The van der Waals surface area contributed by atoms with Gasteiger partial charge in [-0.05, 0) is 48.6 Å². The number of nitrogens with zero attached hydrogens (tertiary/aromatic N) is 2. The minimum Gasteiger partial charge on any atom is -0.508 e. The lowest BCUT2D eigenvalue weighted by Crippen LogP contribution is -2.26. The predicted molar refractivity (Wildman–Crippen MR) is 74.5 cm³/mol. The molecule has 20 heavy (non-hydrogen) atoms. The number of aliphatic hydroxyl groups excluding tert-OH is 1. The van der Waals surface area contributed by atoms with Crippen molar-refractivity contribution in [3.63, 3.8) is 0 Å². The highest BCUT2D eigenvalue weighted by Crippen LogP contribution is 2.41. The molecule has 1 aliphatic carbocycles. The van der Waals surface area contributed by atoms with Crippen LogP contribution in [0.25, 0.3) is 5.69 Å². The number of aromatic nitrogens is 1. The Labute approximate surface area is 116 Å². The molecule has 0 aliphatic heterocycles. The Kier molecular flexibility index (Phi) is 2.88. The van der Waals surface area contributed by atoms with Gasteiger partial charge >= 0.3 is 0 Å². The summed E-state index contributed by atoms with van der Waals surface area (Å²) in [7, 11) is 0. The molecule has 1 heterocycles. The second-order valence-electron chi connectivity index (χ2n) is 5.17. The van der Waals surface area contributed by atoms with Gasteiger partial charge in [0.1, 0.15) is 17.5 Å². The number of nitrogens with two attached hydrogens (primary N) is 1. The maximum atomic E-state index is 9.41. The summed E-state index contributed by atoms with van der Waals surface area (Å²) < 4.78 is 1.73. The smallest absolute Gasteiger partial charge is 0.148 e. The van der Waals surface area contributed by atoms with Crippen LogP contribution in [0.2, 0.25) is 0 Å². The zero-order valence-electron chi connectivity index (χ0n) is 10.8. The lowest BCUT2D eigenvalue weighted by Gasteiger charge is -2.31. The van der Waals surface area contributed by atoms with Gasteiger partial charge in [-0.25, -0.2) is 0 Å². The summed E-state index contributed by atoms with van der Waals surface area (Å²) >= 11 is 0. The predicted octanol–water partition coefficient (Wildman–Crippen LogP) is 1.88. The number of benzene rings is 1. The van der Waals surface area contributed by atoms with E-state index in [0.717, 1.165) is 11.3 Å². The van der Waals surface area contributed by atoms with E-state index in [0.29, 0.717) is 24.2 Å². The summed E-state index contributed by atoms with van der Waals surface area (Å²) in [5.41, 5.74) is 8.63. The third-order valence-corrected chi connectivity index (χ3v) is 3.86. The second kappa shape index (κ2) is 4.58. The summed E-state index contributed by atoms with van der Waals surface area (Å²) in [5.74, 6) is 0.394. The highest BCUT2D eigenvalue weighted by atomic mass is 16.3. The van der Waals surface area contributed by atoms with Gasteiger partial charge in [0.2, 0.25) is 0 Å². The first-order chi connectivity index (χ1) is 9.60. The van der Waals surface area contributed by atoms with Crippen LogP contribution in [0, 0.1) is 11.3 Å². The Morgan fingerprint density at radius 3 is 2.45 bits per heavy atom. The van der Waals surface area contributed by atoms with Crippen LogP contribution >= 0.6 is 0 Å². The van der Waals surface area contributed by atoms with Crippen molar-refractivity contribution in [1.29, 1.82) is 5.26 Å². The van der Waals surface area contributed by atoms with Crippen LogP contribution in [-0.2, 0) is 0 Å². The summed E-state index contributed by atoms with van der Waals surface area (Å²) in [6.07, 6.45) is 2.97. The second-order valence-corrected chi connectivity index (χ2v) is 5.17. The molecule has 1 aromatic carbocycles. The molecule has 0 bridgehead atoms. The topological polar surface area (TPSA) is 95.2 Å². The Hall–Kier alpha value is -2.45. The Morgan fingerprint density at radius 1 is 1.25 bits per heavy atom. The zero-order valence-corrected chi connectivity index (χ0v) is 10.8. The quantitative estimate of drug-likeness (QED) is 0.775. The lowest BCUT2D eigenvalue weighted by atomic mass is 9.78. The van der Waals surface area contributed by atoms with E-state index >= 15 is 0 Å². The number of phenols is 1. The molecule has 1 fully saturated rings. The van der Waals surface area contributed by atoms with Crippen molar-refractivity contribution in [2.75, 3.05) is 5.73 Å². The summed E-state index contributed by atoms with van der Waals surface area (Å²) in [6, 6.07) is 8.72. The average molecular weight is 269 g/mol. The van der Waals surface area contributed by atoms with Gasteiger partial charge in [-0.3, -0.25) is 0 Å². The maximum absolute atomic E-state index is 9.41. The van der Waals surface area contributed by atoms with E-state index in [4.69, 9.17) is 5.73 Å². The van der Waals surface area contributed by atoms with Crippen molar-refractivity contribution in [3.8, 4) is 17.5 Å². The molecule has 2 aromatic rings. The molecule has 1 aromatic heterocycles. The van der Waals surface area contributed by atoms with Gasteiger partial charge < -0.3 is 20.5 Å². The summed E-state index contributed by atoms with van der Waals surface area (Å²) in [6.45, 7) is 0. The number of hydrogen-bond acceptors (Lipinski definition) is 4. The van der Waals surface area contributed by atoms with Crippen molar-refractivity contribution >= 4 is 5.69 Å². The molecule has 0 saturated heterocycles. The van der Waals surface area contributed by atoms with E-state index in [1.54, 1.807) is 28.8 Å². The number of nitriles is 1. The monoisotopic (exact) mass is 269 g/mol. The van der Waals surface area contributed by atoms with Gasteiger partial charge in [-0.2, -0.15) is 5.26 Å². The summed E-state index contributed by atoms with van der Waals surface area (Å²) in [5, 5.41) is 28.0. The van der Waals surface area contributed by atoms with Gasteiger partial charge in [0.25, 0.3) is 0 Å². The van der Waals surface area contributed by atoms with Gasteiger partial charge in [-0.15, -0.1) is 0 Å². The van der Waals surface area contributed by atoms with Crippen molar-refractivity contribution in [2.45, 2.75) is 24.9 Å². The standard InChI is InChI=1S/C15H15N3O2/c16-7-14-15(17)13(9-5-12(20)6-9)8-18(14)10-1-3-11(19)4-2-10/h1-4,8-9,12,19-20H,5-6,17H2/t9-,12+. The molecular weight excluding hydrogens is 254 g/mol. The fourth-order valence-corrected chi connectivity index (χ4v) is 2.64. The number of rotatable bonds is 2. The number of phenolic OH excluding ortho intramolecular Hbond substituents is 1. The molecule has 0 atom stereocenters. The van der Waals surface area contributed by atoms with Crippen LogP contribution in [0.5, 0.6) is 5.75 Å². The molecule has 4 N–H and O–H groups in total. The molecule has 0 spiro atoms. The molecule has 0 amide bonds. The molecule has 1 saturated carbocycles. The Bertz CT molecular complexity index is 676. The van der Waals surface area contributed by atoms with E-state index in [-0.39, 0.29) is 17.8 Å². The highest BCUT2D eigenvalue weighted by molar-refractivity contribution is 5.62. The average Bonchev–Trinajstić information content (AvgIpc) is 2.73. The fourth-order valence-electron chi connectivity index (χ4n) is 2.64. The number of aromatic hydroxyl groups is 1. The van der Waals surface area contributed by atoms with E-state index in [1.165, 1.54) is 0 Å². The Morgan fingerprint density at radius 2 is 1.90 bits per heavy atom. The molecule has 5 nitrogen and oxygen atoms in total. The van der Waals surface area contributed by atoms with Gasteiger partial charge in [0, 0.05) is 11.9 Å². The first-order valence-electron chi connectivity index (χ1n) is 6.48. The molecular formula is C15H15N3O2. The molecule has 0 unspecified atom stereocenters. The van der Waals surface area contributed by atoms with Crippen molar-refractivity contribution < 1.29 is 10.2 Å².